The molecular formula is C15H15NO2S2. The van der Waals surface area contributed by atoms with Crippen molar-refractivity contribution >= 4 is 29.1 Å². The molecule has 1 aliphatic carbocycles. The van der Waals surface area contributed by atoms with Crippen molar-refractivity contribution in [2.75, 3.05) is 0 Å². The lowest BCUT2D eigenvalue weighted by atomic mass is 10.1. The van der Waals surface area contributed by atoms with Crippen LogP contribution in [0.25, 0.3) is 0 Å². The van der Waals surface area contributed by atoms with Gasteiger partial charge in [0.2, 0.25) is 0 Å². The monoisotopic (exact) mass is 305 g/mol. The van der Waals surface area contributed by atoms with Crippen LogP contribution in [0.1, 0.15) is 33.5 Å². The highest BCUT2D eigenvalue weighted by atomic mass is 32.2. The van der Waals surface area contributed by atoms with Gasteiger partial charge < -0.3 is 5.11 Å². The maximum absolute atomic E-state index is 11.2. The minimum absolute atomic E-state index is 0.390. The van der Waals surface area contributed by atoms with Crippen LogP contribution in [-0.2, 0) is 17.0 Å². The Labute approximate surface area is 126 Å². The summed E-state index contributed by atoms with van der Waals surface area (Å²) < 4.78 is 0. The number of benzene rings is 1. The largest absolute Gasteiger partial charge is 0.481 e. The van der Waals surface area contributed by atoms with E-state index in [9.17, 15) is 9.90 Å². The third-order valence-electron chi connectivity index (χ3n) is 3.50. The first-order valence-electron chi connectivity index (χ1n) is 6.55. The van der Waals surface area contributed by atoms with Crippen molar-refractivity contribution in [1.29, 1.82) is 0 Å². The molecule has 0 bridgehead atoms. The fourth-order valence-electron chi connectivity index (χ4n) is 2.44. The zero-order chi connectivity index (χ0) is 14.1. The molecule has 3 rings (SSSR count). The number of carboxylic acid groups (broad SMARTS) is 1. The Morgan fingerprint density at radius 1 is 1.50 bits per heavy atom. The van der Waals surface area contributed by atoms with Crippen LogP contribution >= 0.6 is 23.1 Å². The van der Waals surface area contributed by atoms with Gasteiger partial charge in [-0.05, 0) is 31.4 Å². The average Bonchev–Trinajstić information content (AvgIpc) is 2.96. The van der Waals surface area contributed by atoms with Crippen molar-refractivity contribution in [3.63, 3.8) is 0 Å². The fraction of sp³-hybridized carbons (Fsp3) is 0.333. The summed E-state index contributed by atoms with van der Waals surface area (Å²) in [6, 6.07) is 8.29. The molecule has 1 aromatic carbocycles. The second kappa shape index (κ2) is 5.58. The molecule has 0 spiro atoms. The first kappa shape index (κ1) is 13.6. The van der Waals surface area contributed by atoms with Gasteiger partial charge in [-0.3, -0.25) is 4.79 Å². The summed E-state index contributed by atoms with van der Waals surface area (Å²) in [4.78, 5) is 18.1. The molecule has 1 aliphatic rings. The number of rotatable bonds is 4. The first-order chi connectivity index (χ1) is 9.65. The minimum atomic E-state index is -0.743. The number of carboxylic acids is 1. The summed E-state index contributed by atoms with van der Waals surface area (Å²) in [5.74, 6) is -0.319. The van der Waals surface area contributed by atoms with E-state index < -0.39 is 11.9 Å². The molecule has 0 amide bonds. The van der Waals surface area contributed by atoms with E-state index in [1.165, 1.54) is 10.5 Å². The molecule has 1 aromatic heterocycles. The van der Waals surface area contributed by atoms with E-state index >= 15 is 0 Å². The highest BCUT2D eigenvalue weighted by Crippen LogP contribution is 2.38. The Kier molecular flexibility index (Phi) is 3.81. The number of thioether (sulfide) groups is 1. The molecule has 3 nitrogen and oxygen atoms in total. The molecule has 5 heteroatoms. The van der Waals surface area contributed by atoms with Gasteiger partial charge in [0, 0.05) is 9.77 Å². The molecule has 1 N–H and O–H groups in total. The summed E-state index contributed by atoms with van der Waals surface area (Å²) in [5, 5.41) is 10.2. The van der Waals surface area contributed by atoms with E-state index in [0.29, 0.717) is 6.42 Å². The Balaban J connectivity index is 1.73. The number of hydrogen-bond acceptors (Lipinski definition) is 4. The number of nitrogens with zero attached hydrogens (tertiary/aromatic N) is 1. The number of aliphatic carboxylic acids is 1. The molecule has 104 valence electrons. The zero-order valence-corrected chi connectivity index (χ0v) is 12.8. The normalized spacial score (nSPS) is 17.1. The zero-order valence-electron chi connectivity index (χ0n) is 11.1. The van der Waals surface area contributed by atoms with E-state index in [2.05, 4.69) is 24.0 Å². The molecule has 0 aliphatic heterocycles. The van der Waals surface area contributed by atoms with Crippen molar-refractivity contribution < 1.29 is 9.90 Å². The third kappa shape index (κ3) is 2.60. The van der Waals surface area contributed by atoms with E-state index in [-0.39, 0.29) is 0 Å². The Hall–Kier alpha value is -1.33. The van der Waals surface area contributed by atoms with Crippen molar-refractivity contribution in [3.8, 4) is 0 Å². The molecule has 0 saturated carbocycles. The number of aryl methyl sites for hydroxylation is 2. The third-order valence-corrected chi connectivity index (χ3v) is 6.01. The maximum Gasteiger partial charge on any atom is 0.312 e. The summed E-state index contributed by atoms with van der Waals surface area (Å²) in [7, 11) is 0. The summed E-state index contributed by atoms with van der Waals surface area (Å²) in [5.41, 5.74) is 2.08. The average molecular weight is 305 g/mol. The molecule has 1 unspecified atom stereocenters. The highest BCUT2D eigenvalue weighted by molar-refractivity contribution is 7.98. The lowest BCUT2D eigenvalue weighted by molar-refractivity contribution is -0.138. The lowest BCUT2D eigenvalue weighted by Crippen LogP contribution is -2.08. The Bertz CT molecular complexity index is 651. The van der Waals surface area contributed by atoms with Crippen LogP contribution in [-0.4, -0.2) is 16.1 Å². The van der Waals surface area contributed by atoms with E-state index in [1.54, 1.807) is 23.1 Å². The summed E-state index contributed by atoms with van der Waals surface area (Å²) >= 11 is 3.44. The van der Waals surface area contributed by atoms with E-state index in [1.807, 2.05) is 12.1 Å². The number of aromatic nitrogens is 1. The maximum atomic E-state index is 11.2. The van der Waals surface area contributed by atoms with Gasteiger partial charge in [-0.1, -0.05) is 18.2 Å². The minimum Gasteiger partial charge on any atom is -0.481 e. The summed E-state index contributed by atoms with van der Waals surface area (Å²) in [6.07, 6.45) is 1.56. The van der Waals surface area contributed by atoms with Crippen molar-refractivity contribution in [2.24, 2.45) is 0 Å². The molecular weight excluding hydrogens is 290 g/mol. The van der Waals surface area contributed by atoms with Crippen LogP contribution in [0.4, 0.5) is 0 Å². The molecule has 2 aromatic rings. The predicted molar refractivity (Wildman–Crippen MR) is 81.6 cm³/mol. The molecule has 1 heterocycles. The Morgan fingerprint density at radius 2 is 2.30 bits per heavy atom. The fourth-order valence-corrected chi connectivity index (χ4v) is 4.60. The van der Waals surface area contributed by atoms with Gasteiger partial charge in [0.05, 0.1) is 11.4 Å². The van der Waals surface area contributed by atoms with Crippen LogP contribution in [0.3, 0.4) is 0 Å². The van der Waals surface area contributed by atoms with Crippen LogP contribution < -0.4 is 0 Å². The standard InChI is InChI=1S/C15H15NO2S2/c1-9-4-2-3-5-11(9)19-8-13-16-14-10(15(17)18)6-7-12(14)20-13/h2-5,10H,6-8H2,1H3,(H,17,18). The van der Waals surface area contributed by atoms with Crippen molar-refractivity contribution in [2.45, 2.75) is 36.3 Å². The van der Waals surface area contributed by atoms with Gasteiger partial charge in [-0.25, -0.2) is 4.98 Å². The number of fused-ring (bicyclic) bond motifs is 1. The smallest absolute Gasteiger partial charge is 0.312 e. The van der Waals surface area contributed by atoms with Crippen molar-refractivity contribution in [3.05, 3.63) is 45.4 Å². The van der Waals surface area contributed by atoms with Gasteiger partial charge in [-0.15, -0.1) is 23.1 Å². The predicted octanol–water partition coefficient (Wildman–Crippen LogP) is 3.86. The molecule has 0 radical (unpaired) electrons. The van der Waals surface area contributed by atoms with Crippen molar-refractivity contribution in [1.82, 2.24) is 4.98 Å². The molecule has 20 heavy (non-hydrogen) atoms. The van der Waals surface area contributed by atoms with Crippen LogP contribution in [0.2, 0.25) is 0 Å². The van der Waals surface area contributed by atoms with Gasteiger partial charge in [0.1, 0.15) is 10.9 Å². The molecule has 0 fully saturated rings. The van der Waals surface area contributed by atoms with Gasteiger partial charge in [-0.2, -0.15) is 0 Å². The first-order valence-corrected chi connectivity index (χ1v) is 8.35. The summed E-state index contributed by atoms with van der Waals surface area (Å²) in [6.45, 7) is 2.10. The highest BCUT2D eigenvalue weighted by Gasteiger charge is 2.32. The van der Waals surface area contributed by atoms with Crippen LogP contribution in [0, 0.1) is 6.92 Å². The van der Waals surface area contributed by atoms with Gasteiger partial charge in [0.25, 0.3) is 0 Å². The van der Waals surface area contributed by atoms with Crippen LogP contribution in [0.5, 0.6) is 0 Å². The number of thiazole rings is 1. The van der Waals surface area contributed by atoms with Crippen LogP contribution in [0.15, 0.2) is 29.2 Å². The lowest BCUT2D eigenvalue weighted by Gasteiger charge is -2.04. The topological polar surface area (TPSA) is 50.2 Å². The van der Waals surface area contributed by atoms with Gasteiger partial charge in [0.15, 0.2) is 0 Å². The van der Waals surface area contributed by atoms with E-state index in [4.69, 9.17) is 0 Å². The quantitative estimate of drug-likeness (QED) is 0.872. The molecule has 1 atom stereocenters. The second-order valence-corrected chi connectivity index (χ2v) is 7.09. The SMILES string of the molecule is Cc1ccccc1SCc1nc2c(s1)CCC2C(=O)O. The number of hydrogen-bond donors (Lipinski definition) is 1. The number of carbonyl (C=O) groups is 1. The molecule has 0 saturated heterocycles. The second-order valence-electron chi connectivity index (χ2n) is 4.90. The Morgan fingerprint density at radius 3 is 3.05 bits per heavy atom. The van der Waals surface area contributed by atoms with E-state index in [0.717, 1.165) is 27.8 Å². The van der Waals surface area contributed by atoms with Gasteiger partial charge >= 0.3 is 5.97 Å².